The summed E-state index contributed by atoms with van der Waals surface area (Å²) in [5, 5.41) is 3.67. The summed E-state index contributed by atoms with van der Waals surface area (Å²) in [4.78, 5) is 29.4. The van der Waals surface area contributed by atoms with E-state index in [-0.39, 0.29) is 5.91 Å². The smallest absolute Gasteiger partial charge is 0.328 e. The minimum absolute atomic E-state index is 0.349. The zero-order valence-electron chi connectivity index (χ0n) is 15.7. The topological polar surface area (TPSA) is 68.3 Å². The normalized spacial score (nSPS) is 11.8. The Hall–Kier alpha value is -3.21. The molecule has 5 nitrogen and oxygen atoms in total. The van der Waals surface area contributed by atoms with Crippen molar-refractivity contribution in [1.82, 2.24) is 10.3 Å². The van der Waals surface area contributed by atoms with Gasteiger partial charge in [0.15, 0.2) is 0 Å². The van der Waals surface area contributed by atoms with E-state index < -0.39 is 12.0 Å². The molecule has 27 heavy (non-hydrogen) atoms. The van der Waals surface area contributed by atoms with Crippen molar-refractivity contribution in [2.75, 3.05) is 7.11 Å². The SMILES string of the molecule is COC(=O)[C@H](Cc1ccc(C)c(C)c1)NC(=O)c1cccc2cccnc12. The first-order chi connectivity index (χ1) is 13.0. The summed E-state index contributed by atoms with van der Waals surface area (Å²) < 4.78 is 4.89. The molecule has 0 fully saturated rings. The average molecular weight is 362 g/mol. The van der Waals surface area contributed by atoms with Gasteiger partial charge in [-0.1, -0.05) is 36.4 Å². The largest absolute Gasteiger partial charge is 0.467 e. The van der Waals surface area contributed by atoms with Crippen LogP contribution in [0, 0.1) is 13.8 Å². The maximum absolute atomic E-state index is 12.8. The third-order valence-electron chi connectivity index (χ3n) is 4.68. The van der Waals surface area contributed by atoms with E-state index in [0.29, 0.717) is 17.5 Å². The molecule has 1 atom stereocenters. The summed E-state index contributed by atoms with van der Waals surface area (Å²) in [6, 6.07) is 14.3. The number of ether oxygens (including phenoxy) is 1. The number of carbonyl (C=O) groups is 2. The van der Waals surface area contributed by atoms with Crippen molar-refractivity contribution in [2.24, 2.45) is 0 Å². The first kappa shape index (κ1) is 18.6. The third kappa shape index (κ3) is 4.14. The van der Waals surface area contributed by atoms with Gasteiger partial charge in [0, 0.05) is 18.0 Å². The Morgan fingerprint density at radius 2 is 1.85 bits per heavy atom. The Kier molecular flexibility index (Phi) is 5.50. The molecule has 3 rings (SSSR count). The second-order valence-electron chi connectivity index (χ2n) is 6.55. The zero-order chi connectivity index (χ0) is 19.4. The fraction of sp³-hybridized carbons (Fsp3) is 0.227. The second-order valence-corrected chi connectivity index (χ2v) is 6.55. The molecule has 1 N–H and O–H groups in total. The number of nitrogens with one attached hydrogen (secondary N) is 1. The minimum atomic E-state index is -0.774. The van der Waals surface area contributed by atoms with Crippen LogP contribution < -0.4 is 5.32 Å². The lowest BCUT2D eigenvalue weighted by Crippen LogP contribution is -2.43. The Bertz CT molecular complexity index is 993. The highest BCUT2D eigenvalue weighted by Gasteiger charge is 2.23. The van der Waals surface area contributed by atoms with Crippen molar-refractivity contribution >= 4 is 22.8 Å². The van der Waals surface area contributed by atoms with Gasteiger partial charge in [0.1, 0.15) is 6.04 Å². The highest BCUT2D eigenvalue weighted by atomic mass is 16.5. The van der Waals surface area contributed by atoms with Gasteiger partial charge in [0.25, 0.3) is 5.91 Å². The maximum Gasteiger partial charge on any atom is 0.328 e. The van der Waals surface area contributed by atoms with Crippen molar-refractivity contribution in [3.8, 4) is 0 Å². The molecule has 138 valence electrons. The quantitative estimate of drug-likeness (QED) is 0.707. The number of benzene rings is 2. The summed E-state index contributed by atoms with van der Waals surface area (Å²) in [5.74, 6) is -0.826. The van der Waals surface area contributed by atoms with Crippen LogP contribution in [-0.4, -0.2) is 30.0 Å². The van der Waals surface area contributed by atoms with Crippen LogP contribution in [-0.2, 0) is 16.0 Å². The number of para-hydroxylation sites is 1. The average Bonchev–Trinajstić information content (AvgIpc) is 2.69. The molecule has 1 heterocycles. The monoisotopic (exact) mass is 362 g/mol. The van der Waals surface area contributed by atoms with Crippen LogP contribution in [0.15, 0.2) is 54.7 Å². The predicted octanol–water partition coefficient (Wildman–Crippen LogP) is 3.37. The first-order valence-corrected chi connectivity index (χ1v) is 8.78. The molecule has 1 amide bonds. The van der Waals surface area contributed by atoms with Gasteiger partial charge >= 0.3 is 5.97 Å². The van der Waals surface area contributed by atoms with Gasteiger partial charge in [-0.05, 0) is 42.7 Å². The molecule has 0 bridgehead atoms. The lowest BCUT2D eigenvalue weighted by atomic mass is 10.0. The number of hydrogen-bond acceptors (Lipinski definition) is 4. The molecule has 0 aliphatic heterocycles. The summed E-state index contributed by atoms with van der Waals surface area (Å²) in [5.41, 5.74) is 4.32. The third-order valence-corrected chi connectivity index (χ3v) is 4.68. The summed E-state index contributed by atoms with van der Waals surface area (Å²) in [6.45, 7) is 4.05. The number of hydrogen-bond donors (Lipinski definition) is 1. The van der Waals surface area contributed by atoms with Crippen LogP contribution in [0.3, 0.4) is 0 Å². The van der Waals surface area contributed by atoms with Crippen molar-refractivity contribution in [3.63, 3.8) is 0 Å². The molecule has 0 saturated carbocycles. The van der Waals surface area contributed by atoms with Crippen LogP contribution in [0.2, 0.25) is 0 Å². The number of amides is 1. The highest BCUT2D eigenvalue weighted by Crippen LogP contribution is 2.17. The molecule has 0 aliphatic rings. The highest BCUT2D eigenvalue weighted by molar-refractivity contribution is 6.06. The van der Waals surface area contributed by atoms with E-state index in [1.807, 2.05) is 50.2 Å². The van der Waals surface area contributed by atoms with Crippen molar-refractivity contribution < 1.29 is 14.3 Å². The van der Waals surface area contributed by atoms with Crippen LogP contribution in [0.25, 0.3) is 10.9 Å². The van der Waals surface area contributed by atoms with Gasteiger partial charge in [0.2, 0.25) is 0 Å². The molecule has 1 aromatic heterocycles. The van der Waals surface area contributed by atoms with E-state index in [1.54, 1.807) is 18.3 Å². The Labute approximate surface area is 158 Å². The van der Waals surface area contributed by atoms with Crippen LogP contribution in [0.1, 0.15) is 27.0 Å². The van der Waals surface area contributed by atoms with Gasteiger partial charge in [-0.2, -0.15) is 0 Å². The number of fused-ring (bicyclic) bond motifs is 1. The lowest BCUT2D eigenvalue weighted by molar-refractivity contribution is -0.142. The van der Waals surface area contributed by atoms with Gasteiger partial charge in [-0.3, -0.25) is 9.78 Å². The van der Waals surface area contributed by atoms with Crippen molar-refractivity contribution in [1.29, 1.82) is 0 Å². The Balaban J connectivity index is 1.86. The first-order valence-electron chi connectivity index (χ1n) is 8.78. The van der Waals surface area contributed by atoms with Gasteiger partial charge < -0.3 is 10.1 Å². The summed E-state index contributed by atoms with van der Waals surface area (Å²) in [7, 11) is 1.32. The predicted molar refractivity (Wildman–Crippen MR) is 105 cm³/mol. The Morgan fingerprint density at radius 3 is 2.59 bits per heavy atom. The van der Waals surface area contributed by atoms with E-state index in [2.05, 4.69) is 10.3 Å². The number of esters is 1. The van der Waals surface area contributed by atoms with E-state index in [4.69, 9.17) is 4.74 Å². The van der Waals surface area contributed by atoms with Crippen LogP contribution >= 0.6 is 0 Å². The fourth-order valence-electron chi connectivity index (χ4n) is 3.03. The van der Waals surface area contributed by atoms with E-state index in [0.717, 1.165) is 16.5 Å². The minimum Gasteiger partial charge on any atom is -0.467 e. The molecule has 0 saturated heterocycles. The van der Waals surface area contributed by atoms with Gasteiger partial charge in [-0.15, -0.1) is 0 Å². The number of nitrogens with zero attached hydrogens (tertiary/aromatic N) is 1. The van der Waals surface area contributed by atoms with E-state index >= 15 is 0 Å². The van der Waals surface area contributed by atoms with Gasteiger partial charge in [-0.25, -0.2) is 4.79 Å². The van der Waals surface area contributed by atoms with E-state index in [1.165, 1.54) is 12.7 Å². The van der Waals surface area contributed by atoms with Crippen LogP contribution in [0.4, 0.5) is 0 Å². The van der Waals surface area contributed by atoms with Crippen molar-refractivity contribution in [3.05, 3.63) is 77.0 Å². The summed E-state index contributed by atoms with van der Waals surface area (Å²) in [6.07, 6.45) is 2.00. The molecular weight excluding hydrogens is 340 g/mol. The lowest BCUT2D eigenvalue weighted by Gasteiger charge is -2.17. The number of pyridine rings is 1. The molecule has 3 aromatic rings. The molecule has 2 aromatic carbocycles. The molecule has 0 aliphatic carbocycles. The van der Waals surface area contributed by atoms with Gasteiger partial charge in [0.05, 0.1) is 18.2 Å². The molecule has 0 radical (unpaired) electrons. The number of aromatic nitrogens is 1. The maximum atomic E-state index is 12.8. The number of aryl methyl sites for hydroxylation is 2. The molecule has 0 spiro atoms. The Morgan fingerprint density at radius 1 is 1.07 bits per heavy atom. The fourth-order valence-corrected chi connectivity index (χ4v) is 3.03. The summed E-state index contributed by atoms with van der Waals surface area (Å²) >= 11 is 0. The zero-order valence-corrected chi connectivity index (χ0v) is 15.7. The van der Waals surface area contributed by atoms with E-state index in [9.17, 15) is 9.59 Å². The standard InChI is InChI=1S/C22H22N2O3/c1-14-9-10-16(12-15(14)2)13-19(22(26)27-3)24-21(25)18-8-4-6-17-7-5-11-23-20(17)18/h4-12,19H,13H2,1-3H3,(H,24,25)/t19-/m0/s1. The molecule has 0 unspecified atom stereocenters. The second kappa shape index (κ2) is 7.99. The van der Waals surface area contributed by atoms with Crippen LogP contribution in [0.5, 0.6) is 0 Å². The number of rotatable bonds is 5. The molecular formula is C22H22N2O3. The molecule has 5 heteroatoms. The number of carbonyl (C=O) groups excluding carboxylic acids is 2. The number of methoxy groups -OCH3 is 1. The van der Waals surface area contributed by atoms with Crippen molar-refractivity contribution in [2.45, 2.75) is 26.3 Å².